The number of anilines is 1. The number of amides is 3. The minimum Gasteiger partial charge on any atom is -0.454 e. The molecule has 2 aliphatic rings. The van der Waals surface area contributed by atoms with Crippen molar-refractivity contribution in [1.82, 2.24) is 4.90 Å². The lowest BCUT2D eigenvalue weighted by atomic mass is 9.81. The van der Waals surface area contributed by atoms with Crippen LogP contribution in [0, 0.1) is 11.8 Å². The van der Waals surface area contributed by atoms with E-state index in [4.69, 9.17) is 4.74 Å². The molecule has 12 heteroatoms. The second-order valence-corrected chi connectivity index (χ2v) is 9.58. The van der Waals surface area contributed by atoms with Crippen LogP contribution < -0.4 is 5.32 Å². The fourth-order valence-electron chi connectivity index (χ4n) is 3.67. The first-order chi connectivity index (χ1) is 14.5. The number of fused-ring (bicyclic) bond motifs is 1. The van der Waals surface area contributed by atoms with Gasteiger partial charge in [-0.25, -0.2) is 0 Å². The summed E-state index contributed by atoms with van der Waals surface area (Å²) in [5.74, 6) is -3.99. The van der Waals surface area contributed by atoms with Gasteiger partial charge in [-0.05, 0) is 25.0 Å². The maximum Gasteiger partial charge on any atom is 0.418 e. The van der Waals surface area contributed by atoms with Crippen LogP contribution in [0.4, 0.5) is 18.9 Å². The highest BCUT2D eigenvalue weighted by atomic mass is 79.9. The first-order valence-electron chi connectivity index (χ1n) is 9.24. The average Bonchev–Trinajstić information content (AvgIpc) is 2.91. The van der Waals surface area contributed by atoms with Gasteiger partial charge in [-0.2, -0.15) is 13.2 Å². The number of carbonyl (C=O) groups is 4. The van der Waals surface area contributed by atoms with E-state index in [0.29, 0.717) is 12.8 Å². The Labute approximate surface area is 191 Å². The number of hydrogen-bond acceptors (Lipinski definition) is 5. The highest BCUT2D eigenvalue weighted by Crippen LogP contribution is 2.43. The molecule has 4 atom stereocenters. The zero-order valence-electron chi connectivity index (χ0n) is 15.8. The number of ether oxygens (including phenoxy) is 1. The molecule has 31 heavy (non-hydrogen) atoms. The summed E-state index contributed by atoms with van der Waals surface area (Å²) in [7, 11) is 0. The van der Waals surface area contributed by atoms with Crippen molar-refractivity contribution in [2.45, 2.75) is 28.7 Å². The monoisotopic (exact) mass is 568 g/mol. The molecule has 0 aromatic heterocycles. The number of halogens is 5. The molecule has 1 N–H and O–H groups in total. The van der Waals surface area contributed by atoms with Crippen LogP contribution in [0.3, 0.4) is 0 Å². The third kappa shape index (κ3) is 5.28. The molecule has 0 spiro atoms. The van der Waals surface area contributed by atoms with Crippen molar-refractivity contribution in [2.24, 2.45) is 11.8 Å². The number of para-hydroxylation sites is 1. The summed E-state index contributed by atoms with van der Waals surface area (Å²) in [5, 5.41) is 2.04. The van der Waals surface area contributed by atoms with Gasteiger partial charge in [0.2, 0.25) is 11.8 Å². The first kappa shape index (κ1) is 23.7. The van der Waals surface area contributed by atoms with Gasteiger partial charge in [0.05, 0.1) is 23.1 Å². The molecular weight excluding hydrogens is 553 g/mol. The van der Waals surface area contributed by atoms with Gasteiger partial charge in [-0.1, -0.05) is 44.0 Å². The molecule has 3 rings (SSSR count). The molecule has 1 aliphatic carbocycles. The molecular formula is C19H17Br2F3N2O5. The second kappa shape index (κ2) is 9.27. The number of esters is 1. The van der Waals surface area contributed by atoms with Crippen molar-refractivity contribution in [3.63, 3.8) is 0 Å². The van der Waals surface area contributed by atoms with Gasteiger partial charge in [0, 0.05) is 9.65 Å². The first-order valence-corrected chi connectivity index (χ1v) is 11.1. The average molecular weight is 570 g/mol. The Kier molecular flexibility index (Phi) is 7.09. The Hall–Kier alpha value is -1.95. The van der Waals surface area contributed by atoms with Gasteiger partial charge < -0.3 is 10.1 Å². The normalized spacial score (nSPS) is 25.9. The van der Waals surface area contributed by atoms with E-state index >= 15 is 0 Å². The molecule has 1 saturated heterocycles. The lowest BCUT2D eigenvalue weighted by Crippen LogP contribution is -2.37. The lowest BCUT2D eigenvalue weighted by molar-refractivity contribution is -0.154. The molecule has 1 saturated carbocycles. The zero-order chi connectivity index (χ0) is 22.9. The summed E-state index contributed by atoms with van der Waals surface area (Å²) in [6.07, 6.45) is -3.79. The van der Waals surface area contributed by atoms with Gasteiger partial charge >= 0.3 is 12.1 Å². The Morgan fingerprint density at radius 1 is 1.06 bits per heavy atom. The van der Waals surface area contributed by atoms with Crippen molar-refractivity contribution in [2.75, 3.05) is 18.5 Å². The zero-order valence-corrected chi connectivity index (χ0v) is 19.0. The molecule has 0 bridgehead atoms. The summed E-state index contributed by atoms with van der Waals surface area (Å²) in [4.78, 5) is 49.9. The molecule has 2 fully saturated rings. The quantitative estimate of drug-likeness (QED) is 0.334. The van der Waals surface area contributed by atoms with Gasteiger partial charge in [0.15, 0.2) is 6.61 Å². The van der Waals surface area contributed by atoms with Gasteiger partial charge in [0.25, 0.3) is 5.91 Å². The van der Waals surface area contributed by atoms with Gasteiger partial charge in [-0.3, -0.25) is 24.1 Å². The van der Waals surface area contributed by atoms with Crippen LogP contribution in [-0.2, 0) is 30.1 Å². The maximum absolute atomic E-state index is 13.0. The largest absolute Gasteiger partial charge is 0.454 e. The molecule has 1 aromatic rings. The van der Waals surface area contributed by atoms with E-state index in [1.165, 1.54) is 12.1 Å². The number of nitrogens with zero attached hydrogens (tertiary/aromatic N) is 1. The van der Waals surface area contributed by atoms with Crippen molar-refractivity contribution >= 4 is 61.2 Å². The number of imide groups is 1. The highest BCUT2D eigenvalue weighted by molar-refractivity contribution is 9.12. The van der Waals surface area contributed by atoms with Crippen LogP contribution >= 0.6 is 31.9 Å². The fourth-order valence-corrected chi connectivity index (χ4v) is 4.90. The number of nitrogens with one attached hydrogen (secondary N) is 1. The third-order valence-corrected chi connectivity index (χ3v) is 7.89. The minimum atomic E-state index is -4.67. The van der Waals surface area contributed by atoms with E-state index in [0.717, 1.165) is 17.0 Å². The Bertz CT molecular complexity index is 883. The summed E-state index contributed by atoms with van der Waals surface area (Å²) in [6, 6.07) is 4.37. The Morgan fingerprint density at radius 3 is 2.16 bits per heavy atom. The summed E-state index contributed by atoms with van der Waals surface area (Å²) >= 11 is 6.92. The maximum atomic E-state index is 13.0. The number of rotatable bonds is 5. The van der Waals surface area contributed by atoms with E-state index in [2.05, 4.69) is 31.9 Å². The number of likely N-dealkylation sites (tertiary alicyclic amines) is 1. The molecule has 7 nitrogen and oxygen atoms in total. The SMILES string of the molecule is O=C(COC(=O)CN1C(=O)[C@H]2C[C@@H](Br)[C@@H](Br)C[C@H]2C1=O)Nc1ccccc1C(F)(F)F. The van der Waals surface area contributed by atoms with E-state index in [1.54, 1.807) is 0 Å². The predicted octanol–water partition coefficient (Wildman–Crippen LogP) is 3.11. The van der Waals surface area contributed by atoms with Crippen LogP contribution in [0.5, 0.6) is 0 Å². The number of benzene rings is 1. The number of hydrogen-bond donors (Lipinski definition) is 1. The molecule has 0 unspecified atom stereocenters. The topological polar surface area (TPSA) is 92.8 Å². The lowest BCUT2D eigenvalue weighted by Gasteiger charge is -2.29. The van der Waals surface area contributed by atoms with Crippen molar-refractivity contribution in [3.05, 3.63) is 29.8 Å². The van der Waals surface area contributed by atoms with Gasteiger partial charge in [0.1, 0.15) is 6.54 Å². The van der Waals surface area contributed by atoms with E-state index < -0.39 is 66.1 Å². The van der Waals surface area contributed by atoms with Crippen molar-refractivity contribution in [3.8, 4) is 0 Å². The number of alkyl halides is 5. The van der Waals surface area contributed by atoms with Crippen LogP contribution in [0.15, 0.2) is 24.3 Å². The van der Waals surface area contributed by atoms with Crippen LogP contribution in [-0.4, -0.2) is 51.4 Å². The summed E-state index contributed by atoms with van der Waals surface area (Å²) in [6.45, 7) is -1.52. The van der Waals surface area contributed by atoms with E-state index in [9.17, 15) is 32.3 Å². The molecule has 3 amide bonds. The van der Waals surface area contributed by atoms with Gasteiger partial charge in [-0.15, -0.1) is 0 Å². The molecule has 1 aliphatic heterocycles. The molecule has 1 aromatic carbocycles. The van der Waals surface area contributed by atoms with Crippen LogP contribution in [0.1, 0.15) is 18.4 Å². The van der Waals surface area contributed by atoms with E-state index in [-0.39, 0.29) is 9.65 Å². The third-order valence-electron chi connectivity index (χ3n) is 5.16. The van der Waals surface area contributed by atoms with Crippen LogP contribution in [0.25, 0.3) is 0 Å². The standard InChI is InChI=1S/C19H17Br2F3N2O5/c20-12-5-9-10(6-13(12)21)18(30)26(17(9)29)7-16(28)31-8-15(27)25-14-4-2-1-3-11(14)19(22,23)24/h1-4,9-10,12-13H,5-8H2,(H,25,27)/t9-,10+,12+,13-. The smallest absolute Gasteiger partial charge is 0.418 e. The van der Waals surface area contributed by atoms with Crippen molar-refractivity contribution < 1.29 is 37.1 Å². The minimum absolute atomic E-state index is 0.0145. The Morgan fingerprint density at radius 2 is 1.61 bits per heavy atom. The number of carbonyl (C=O) groups excluding carboxylic acids is 4. The van der Waals surface area contributed by atoms with Crippen LogP contribution in [0.2, 0.25) is 0 Å². The van der Waals surface area contributed by atoms with E-state index in [1.807, 2.05) is 5.32 Å². The molecule has 1 heterocycles. The fraction of sp³-hybridized carbons (Fsp3) is 0.474. The molecule has 0 radical (unpaired) electrons. The molecule has 168 valence electrons. The Balaban J connectivity index is 1.55. The highest BCUT2D eigenvalue weighted by Gasteiger charge is 2.52. The second-order valence-electron chi connectivity index (χ2n) is 7.23. The summed E-state index contributed by atoms with van der Waals surface area (Å²) < 4.78 is 43.7. The van der Waals surface area contributed by atoms with Crippen molar-refractivity contribution in [1.29, 1.82) is 0 Å². The predicted molar refractivity (Wildman–Crippen MR) is 109 cm³/mol. The summed E-state index contributed by atoms with van der Waals surface area (Å²) in [5.41, 5.74) is -1.51.